The van der Waals surface area contributed by atoms with Crippen molar-refractivity contribution in [3.8, 4) is 10.6 Å². The van der Waals surface area contributed by atoms with Gasteiger partial charge < -0.3 is 5.32 Å². The van der Waals surface area contributed by atoms with Gasteiger partial charge in [-0.05, 0) is 39.3 Å². The molecule has 3 rings (SSSR count). The van der Waals surface area contributed by atoms with Crippen LogP contribution in [-0.4, -0.2) is 15.8 Å². The number of hydrogen-bond donors (Lipinski definition) is 1. The van der Waals surface area contributed by atoms with Crippen LogP contribution < -0.4 is 5.32 Å². The van der Waals surface area contributed by atoms with E-state index in [1.807, 2.05) is 0 Å². The van der Waals surface area contributed by atoms with Crippen molar-refractivity contribution in [1.29, 1.82) is 0 Å². The van der Waals surface area contributed by atoms with E-state index >= 15 is 0 Å². The van der Waals surface area contributed by atoms with Gasteiger partial charge in [0, 0.05) is 17.0 Å². The molecule has 0 aromatic carbocycles. The number of aromatic nitrogens is 2. The molecule has 0 saturated carbocycles. The maximum absolute atomic E-state index is 4.71. The van der Waals surface area contributed by atoms with E-state index in [1.165, 1.54) is 9.75 Å². The molecule has 2 aromatic heterocycles. The van der Waals surface area contributed by atoms with Gasteiger partial charge in [-0.3, -0.25) is 0 Å². The molecule has 0 fully saturated rings. The second kappa shape index (κ2) is 3.88. The third-order valence-corrected chi connectivity index (χ3v) is 4.26. The van der Waals surface area contributed by atoms with Crippen LogP contribution in [0, 0.1) is 6.92 Å². The lowest BCUT2D eigenvalue weighted by Crippen LogP contribution is -2.28. The minimum Gasteiger partial charge on any atom is -0.368 e. The smallest absolute Gasteiger partial charge is 0.125 e. The van der Waals surface area contributed by atoms with Crippen LogP contribution in [0.1, 0.15) is 31.2 Å². The van der Waals surface area contributed by atoms with Gasteiger partial charge in [0.25, 0.3) is 0 Å². The summed E-state index contributed by atoms with van der Waals surface area (Å²) >= 11 is 1.80. The number of rotatable bonds is 1. The van der Waals surface area contributed by atoms with Crippen molar-refractivity contribution in [2.45, 2.75) is 39.3 Å². The number of anilines is 1. The highest BCUT2D eigenvalue weighted by atomic mass is 32.1. The predicted octanol–water partition coefficient (Wildman–Crippen LogP) is 3.69. The van der Waals surface area contributed by atoms with Gasteiger partial charge in [-0.2, -0.15) is 5.10 Å². The molecule has 0 aliphatic carbocycles. The van der Waals surface area contributed by atoms with Gasteiger partial charge in [0.2, 0.25) is 0 Å². The molecule has 0 spiro atoms. The molecule has 1 aliphatic heterocycles. The number of thiophene rings is 1. The average molecular weight is 247 g/mol. The maximum atomic E-state index is 4.71. The normalized spacial score (nSPS) is 23.2. The van der Waals surface area contributed by atoms with E-state index in [9.17, 15) is 0 Å². The van der Waals surface area contributed by atoms with Crippen molar-refractivity contribution >= 4 is 17.2 Å². The monoisotopic (exact) mass is 247 g/mol. The van der Waals surface area contributed by atoms with Crippen molar-refractivity contribution in [2.24, 2.45) is 0 Å². The van der Waals surface area contributed by atoms with Crippen molar-refractivity contribution in [2.75, 3.05) is 5.32 Å². The summed E-state index contributed by atoms with van der Waals surface area (Å²) in [5.41, 5.74) is 1.09. The fraction of sp³-hybridized carbons (Fsp3) is 0.462. The van der Waals surface area contributed by atoms with Crippen LogP contribution in [0.2, 0.25) is 0 Å². The summed E-state index contributed by atoms with van der Waals surface area (Å²) in [6.07, 6.45) is 1.14. The molecule has 2 unspecified atom stereocenters. The molecule has 0 radical (unpaired) electrons. The van der Waals surface area contributed by atoms with E-state index in [1.54, 1.807) is 11.3 Å². The summed E-state index contributed by atoms with van der Waals surface area (Å²) in [6, 6.07) is 7.49. The molecule has 2 aromatic rings. The molecular weight excluding hydrogens is 230 g/mol. The average Bonchev–Trinajstić information content (AvgIpc) is 2.83. The van der Waals surface area contributed by atoms with Gasteiger partial charge in [-0.15, -0.1) is 11.3 Å². The summed E-state index contributed by atoms with van der Waals surface area (Å²) in [5.74, 6) is 1.15. The van der Waals surface area contributed by atoms with Crippen LogP contribution in [0.15, 0.2) is 18.2 Å². The van der Waals surface area contributed by atoms with Crippen molar-refractivity contribution in [3.63, 3.8) is 0 Å². The summed E-state index contributed by atoms with van der Waals surface area (Å²) in [7, 11) is 0. The van der Waals surface area contributed by atoms with Gasteiger partial charge in [-0.25, -0.2) is 4.68 Å². The topological polar surface area (TPSA) is 29.9 Å². The van der Waals surface area contributed by atoms with Crippen molar-refractivity contribution in [3.05, 3.63) is 23.1 Å². The number of aryl methyl sites for hydroxylation is 1. The molecule has 90 valence electrons. The van der Waals surface area contributed by atoms with E-state index in [4.69, 9.17) is 5.10 Å². The zero-order valence-corrected chi connectivity index (χ0v) is 11.2. The first kappa shape index (κ1) is 10.8. The van der Waals surface area contributed by atoms with Crippen molar-refractivity contribution < 1.29 is 0 Å². The van der Waals surface area contributed by atoms with Crippen LogP contribution in [0.3, 0.4) is 0 Å². The van der Waals surface area contributed by atoms with E-state index in [0.717, 1.165) is 17.9 Å². The Kier molecular flexibility index (Phi) is 2.47. The Balaban J connectivity index is 2.02. The summed E-state index contributed by atoms with van der Waals surface area (Å²) < 4.78 is 2.12. The van der Waals surface area contributed by atoms with Gasteiger partial charge in [0.15, 0.2) is 0 Å². The third-order valence-electron chi connectivity index (χ3n) is 3.23. The maximum Gasteiger partial charge on any atom is 0.125 e. The lowest BCUT2D eigenvalue weighted by atomic mass is 10.1. The lowest BCUT2D eigenvalue weighted by Gasteiger charge is -2.27. The number of hydrogen-bond acceptors (Lipinski definition) is 3. The summed E-state index contributed by atoms with van der Waals surface area (Å²) in [5, 5.41) is 8.21. The molecule has 17 heavy (non-hydrogen) atoms. The molecule has 0 amide bonds. The number of nitrogens with one attached hydrogen (secondary N) is 1. The SMILES string of the molecule is Cc1ccc(-c2cc3n(n2)C(C)CC(C)N3)s1. The Morgan fingerprint density at radius 3 is 2.94 bits per heavy atom. The van der Waals surface area contributed by atoms with Crippen molar-refractivity contribution in [1.82, 2.24) is 9.78 Å². The highest BCUT2D eigenvalue weighted by molar-refractivity contribution is 7.15. The first-order valence-electron chi connectivity index (χ1n) is 6.06. The van der Waals surface area contributed by atoms with E-state index in [2.05, 4.69) is 49.0 Å². The standard InChI is InChI=1S/C13H17N3S/c1-8-6-9(2)16-13(14-8)7-11(15-16)12-5-4-10(3)17-12/h4-5,7-9,14H,6H2,1-3H3. The van der Waals surface area contributed by atoms with Gasteiger partial charge in [-0.1, -0.05) is 0 Å². The Morgan fingerprint density at radius 2 is 2.24 bits per heavy atom. The minimum atomic E-state index is 0.482. The highest BCUT2D eigenvalue weighted by Crippen LogP contribution is 2.33. The molecule has 4 heteroatoms. The highest BCUT2D eigenvalue weighted by Gasteiger charge is 2.22. The molecule has 0 bridgehead atoms. The first-order valence-corrected chi connectivity index (χ1v) is 6.88. The minimum absolute atomic E-state index is 0.482. The zero-order valence-electron chi connectivity index (χ0n) is 10.4. The van der Waals surface area contributed by atoms with Gasteiger partial charge in [0.05, 0.1) is 10.9 Å². The van der Waals surface area contributed by atoms with E-state index in [0.29, 0.717) is 12.1 Å². The third kappa shape index (κ3) is 1.86. The fourth-order valence-electron chi connectivity index (χ4n) is 2.45. The Labute approximate surface area is 105 Å². The Bertz CT molecular complexity index is 541. The molecule has 0 saturated heterocycles. The predicted molar refractivity (Wildman–Crippen MR) is 72.7 cm³/mol. The quantitative estimate of drug-likeness (QED) is 0.833. The fourth-order valence-corrected chi connectivity index (χ4v) is 3.28. The Morgan fingerprint density at radius 1 is 1.41 bits per heavy atom. The van der Waals surface area contributed by atoms with Crippen LogP contribution in [0.25, 0.3) is 10.6 Å². The molecule has 1 aliphatic rings. The Hall–Kier alpha value is -1.29. The van der Waals surface area contributed by atoms with Crippen LogP contribution >= 0.6 is 11.3 Å². The first-order chi connectivity index (χ1) is 8.13. The second-order valence-electron chi connectivity index (χ2n) is 4.90. The van der Waals surface area contributed by atoms with Gasteiger partial charge in [0.1, 0.15) is 11.5 Å². The number of nitrogens with zero attached hydrogens (tertiary/aromatic N) is 2. The molecular formula is C13H17N3S. The molecule has 3 nitrogen and oxygen atoms in total. The largest absolute Gasteiger partial charge is 0.368 e. The number of fused-ring (bicyclic) bond motifs is 1. The van der Waals surface area contributed by atoms with E-state index < -0.39 is 0 Å². The summed E-state index contributed by atoms with van der Waals surface area (Å²) in [6.45, 7) is 6.59. The zero-order chi connectivity index (χ0) is 12.0. The lowest BCUT2D eigenvalue weighted by molar-refractivity contribution is 0.415. The van der Waals surface area contributed by atoms with Crippen LogP contribution in [0.4, 0.5) is 5.82 Å². The van der Waals surface area contributed by atoms with Crippen LogP contribution in [-0.2, 0) is 0 Å². The molecule has 1 N–H and O–H groups in total. The second-order valence-corrected chi connectivity index (χ2v) is 6.19. The van der Waals surface area contributed by atoms with Crippen LogP contribution in [0.5, 0.6) is 0 Å². The molecule has 3 heterocycles. The molecule has 2 atom stereocenters. The summed E-state index contributed by atoms with van der Waals surface area (Å²) in [4.78, 5) is 2.59. The van der Waals surface area contributed by atoms with E-state index in [-0.39, 0.29) is 0 Å². The van der Waals surface area contributed by atoms with Gasteiger partial charge >= 0.3 is 0 Å².